The molecule has 4 aliphatic carbocycles. The third-order valence-corrected chi connectivity index (χ3v) is 22.1. The minimum absolute atomic E-state index is 0.000611. The second-order valence-electron chi connectivity index (χ2n) is 27.7. The van der Waals surface area contributed by atoms with E-state index in [2.05, 4.69) is 40.7 Å². The van der Waals surface area contributed by atoms with Gasteiger partial charge in [0.15, 0.2) is 31.5 Å². The van der Waals surface area contributed by atoms with Gasteiger partial charge in [-0.15, -0.1) is 0 Å². The van der Waals surface area contributed by atoms with Crippen molar-refractivity contribution < 1.29 is 129 Å². The summed E-state index contributed by atoms with van der Waals surface area (Å²) in [6.45, 7) is 14.4. The van der Waals surface area contributed by atoms with Gasteiger partial charge in [0.05, 0.1) is 50.8 Å². The Labute approximate surface area is 490 Å². The number of hydrogen-bond acceptors (Lipinski definition) is 26. The normalized spacial score (nSPS) is 53.3. The van der Waals surface area contributed by atoms with Gasteiger partial charge in [0.25, 0.3) is 0 Å². The summed E-state index contributed by atoms with van der Waals surface area (Å²) in [7, 11) is 0. The number of aliphatic hydroxyl groups is 16. The second kappa shape index (κ2) is 25.8. The molecule has 5 heterocycles. The smallest absolute Gasteiger partial charge is 0.187 e. The Morgan fingerprint density at radius 3 is 1.62 bits per heavy atom. The quantitative estimate of drug-likeness (QED) is 0.0502. The van der Waals surface area contributed by atoms with Gasteiger partial charge in [-0.2, -0.15) is 0 Å². The van der Waals surface area contributed by atoms with Crippen molar-refractivity contribution in [2.75, 3.05) is 33.0 Å². The first-order chi connectivity index (χ1) is 39.4. The third-order valence-electron chi connectivity index (χ3n) is 22.1. The molecule has 486 valence electrons. The van der Waals surface area contributed by atoms with E-state index in [0.717, 1.165) is 19.3 Å². The number of hydrogen-bond donors (Lipinski definition) is 16. The van der Waals surface area contributed by atoms with Gasteiger partial charge < -0.3 is 129 Å². The van der Waals surface area contributed by atoms with Crippen molar-refractivity contribution in [3.63, 3.8) is 0 Å². The fraction of sp³-hybridized carbons (Fsp3) is 0.966. The molecule has 26 heteroatoms. The van der Waals surface area contributed by atoms with Crippen LogP contribution < -0.4 is 0 Å². The SMILES string of the molecule is CC(C)C=CCC(C)(OC1OC(COC2OCC(O)C(O)C2O)C(O)C(O)C1O)C1CCC2(C)C1C(O)CC1C3(C)CCC(OC4OC(CO)C(O)C(O)C4OC4OC(CO)C(O)C(O)C4OC4OCC(O)C(O)C4O)C(C)(C)C3CCC12C. The summed E-state index contributed by atoms with van der Waals surface area (Å²) in [5, 5.41) is 175. The largest absolute Gasteiger partial charge is 0.394 e. The lowest BCUT2D eigenvalue weighted by Gasteiger charge is -2.71. The number of rotatable bonds is 17. The fourth-order valence-corrected chi connectivity index (χ4v) is 17.0. The monoisotopic (exact) mass is 1210 g/mol. The Bertz CT molecular complexity index is 2200. The zero-order chi connectivity index (χ0) is 61.5. The molecule has 33 unspecified atom stereocenters. The molecule has 0 spiro atoms. The van der Waals surface area contributed by atoms with E-state index < -0.39 is 196 Å². The summed E-state index contributed by atoms with van der Waals surface area (Å²) >= 11 is 0. The summed E-state index contributed by atoms with van der Waals surface area (Å²) in [6.07, 6.45) is -29.7. The van der Waals surface area contributed by atoms with Crippen LogP contribution >= 0.6 is 0 Å². The molecule has 33 atom stereocenters. The molecule has 9 rings (SSSR count). The van der Waals surface area contributed by atoms with Gasteiger partial charge in [-0.25, -0.2) is 0 Å². The molecule has 5 aliphatic heterocycles. The summed E-state index contributed by atoms with van der Waals surface area (Å²) in [4.78, 5) is 0. The molecule has 84 heavy (non-hydrogen) atoms. The first-order valence-corrected chi connectivity index (χ1v) is 30.3. The second-order valence-corrected chi connectivity index (χ2v) is 27.7. The van der Waals surface area contributed by atoms with Crippen molar-refractivity contribution in [3.05, 3.63) is 12.2 Å². The summed E-state index contributed by atoms with van der Waals surface area (Å²) in [5.41, 5.74) is -2.90. The van der Waals surface area contributed by atoms with Crippen LogP contribution in [0.25, 0.3) is 0 Å². The van der Waals surface area contributed by atoms with Gasteiger partial charge in [-0.3, -0.25) is 0 Å². The zero-order valence-electron chi connectivity index (χ0n) is 49.4. The Morgan fingerprint density at radius 2 is 1.04 bits per heavy atom. The molecule has 0 bridgehead atoms. The maximum absolute atomic E-state index is 12.9. The maximum atomic E-state index is 12.9. The molecule has 4 saturated carbocycles. The van der Waals surface area contributed by atoms with Crippen LogP contribution in [-0.2, 0) is 47.4 Å². The van der Waals surface area contributed by atoms with Crippen molar-refractivity contribution in [1.82, 2.24) is 0 Å². The van der Waals surface area contributed by atoms with Crippen molar-refractivity contribution in [3.8, 4) is 0 Å². The predicted molar refractivity (Wildman–Crippen MR) is 287 cm³/mol. The van der Waals surface area contributed by atoms with E-state index in [4.69, 9.17) is 47.4 Å². The maximum Gasteiger partial charge on any atom is 0.187 e. The molecular formula is C58H98O26. The Morgan fingerprint density at radius 1 is 0.524 bits per heavy atom. The minimum atomic E-state index is -1.88. The van der Waals surface area contributed by atoms with Gasteiger partial charge in [0.1, 0.15) is 110 Å². The highest BCUT2D eigenvalue weighted by atomic mass is 16.8. The molecule has 0 aromatic carbocycles. The molecule has 5 saturated heterocycles. The molecule has 0 aromatic rings. The highest BCUT2D eigenvalue weighted by molar-refractivity contribution is 5.21. The van der Waals surface area contributed by atoms with E-state index >= 15 is 0 Å². The number of fused-ring (bicyclic) bond motifs is 5. The first-order valence-electron chi connectivity index (χ1n) is 30.3. The van der Waals surface area contributed by atoms with E-state index in [0.29, 0.717) is 32.1 Å². The van der Waals surface area contributed by atoms with E-state index in [1.165, 1.54) is 0 Å². The zero-order valence-corrected chi connectivity index (χ0v) is 49.4. The molecular weight excluding hydrogens is 1110 g/mol. The highest BCUT2D eigenvalue weighted by Crippen LogP contribution is 2.76. The summed E-state index contributed by atoms with van der Waals surface area (Å²) < 4.78 is 60.9. The lowest BCUT2D eigenvalue weighted by molar-refractivity contribution is -0.395. The third kappa shape index (κ3) is 12.0. The van der Waals surface area contributed by atoms with E-state index in [9.17, 15) is 81.7 Å². The molecule has 0 amide bonds. The van der Waals surface area contributed by atoms with Gasteiger partial charge in [0, 0.05) is 0 Å². The van der Waals surface area contributed by atoms with Crippen LogP contribution in [0.5, 0.6) is 0 Å². The Hall–Kier alpha value is -1.30. The average molecular weight is 1210 g/mol. The summed E-state index contributed by atoms with van der Waals surface area (Å²) in [5.74, 6) is -0.437. The van der Waals surface area contributed by atoms with E-state index in [1.54, 1.807) is 0 Å². The lowest BCUT2D eigenvalue weighted by atomic mass is 9.35. The van der Waals surface area contributed by atoms with Gasteiger partial charge in [-0.1, -0.05) is 60.6 Å². The first kappa shape index (κ1) is 67.1. The molecule has 16 N–H and O–H groups in total. The standard InChI is InChI=1S/C58H98O26/c1-24(2)10-9-14-58(8,84-51-46(74)41(69)40(68)31(80-51)23-77-49-44(72)36(64)27(62)21-75-49)25-11-16-57(7)35(25)26(61)18-33-55(5)15-13-34(54(3,4)32(55)12-17-56(33,57)6)81-52-47(42(70)38(66)29(19-59)78-52)83-53-48(43(71)39(67)30(20-60)79-53)82-50-45(73)37(65)28(63)22-76-50/h9-10,24-53,59-74H,11-23H2,1-8H3. The minimum Gasteiger partial charge on any atom is -0.394 e. The van der Waals surface area contributed by atoms with Crippen LogP contribution in [0.15, 0.2) is 12.2 Å². The predicted octanol–water partition coefficient (Wildman–Crippen LogP) is -3.24. The van der Waals surface area contributed by atoms with Crippen LogP contribution in [0.2, 0.25) is 0 Å². The molecule has 9 aliphatic rings. The van der Waals surface area contributed by atoms with Crippen molar-refractivity contribution in [2.24, 2.45) is 51.2 Å². The number of aliphatic hydroxyl groups excluding tert-OH is 16. The van der Waals surface area contributed by atoms with Crippen molar-refractivity contribution in [2.45, 2.75) is 266 Å². The fourth-order valence-electron chi connectivity index (χ4n) is 17.0. The summed E-state index contributed by atoms with van der Waals surface area (Å²) in [6, 6.07) is 0. The van der Waals surface area contributed by atoms with Crippen LogP contribution in [0.4, 0.5) is 0 Å². The highest BCUT2D eigenvalue weighted by Gasteiger charge is 2.72. The average Bonchev–Trinajstić information content (AvgIpc) is 1.22. The molecule has 0 aromatic heterocycles. The van der Waals surface area contributed by atoms with Crippen LogP contribution in [0.1, 0.15) is 107 Å². The van der Waals surface area contributed by atoms with Crippen LogP contribution in [-0.4, -0.2) is 274 Å². The van der Waals surface area contributed by atoms with Crippen LogP contribution in [0, 0.1) is 51.2 Å². The van der Waals surface area contributed by atoms with Gasteiger partial charge >= 0.3 is 0 Å². The van der Waals surface area contributed by atoms with E-state index in [1.807, 2.05) is 26.8 Å². The van der Waals surface area contributed by atoms with Gasteiger partial charge in [-0.05, 0) is 110 Å². The van der Waals surface area contributed by atoms with Crippen molar-refractivity contribution >= 4 is 0 Å². The van der Waals surface area contributed by atoms with E-state index in [-0.39, 0.29) is 47.0 Å². The number of allylic oxidation sites excluding steroid dienone is 1. The Kier molecular flexibility index (Phi) is 20.6. The van der Waals surface area contributed by atoms with Gasteiger partial charge in [0.2, 0.25) is 0 Å². The Balaban J connectivity index is 0.935. The van der Waals surface area contributed by atoms with Crippen molar-refractivity contribution in [1.29, 1.82) is 0 Å². The van der Waals surface area contributed by atoms with Crippen LogP contribution in [0.3, 0.4) is 0 Å². The molecule has 9 fully saturated rings. The molecule has 0 radical (unpaired) electrons. The topological polar surface area (TPSA) is 416 Å². The number of ether oxygens (including phenoxy) is 10. The molecule has 26 nitrogen and oxygen atoms in total. The lowest BCUT2D eigenvalue weighted by Crippen LogP contribution is -2.68.